The molecule has 4 nitrogen and oxygen atoms in total. The molecule has 2 rings (SSSR count). The first kappa shape index (κ1) is 15.4. The molecule has 1 aromatic carbocycles. The monoisotopic (exact) mass is 311 g/mol. The second-order valence-electron chi connectivity index (χ2n) is 4.51. The Bertz CT molecular complexity index is 529. The van der Waals surface area contributed by atoms with Crippen LogP contribution in [0, 0.1) is 0 Å². The lowest BCUT2D eigenvalue weighted by Crippen LogP contribution is -2.12. The van der Waals surface area contributed by atoms with Crippen LogP contribution in [0.3, 0.4) is 0 Å². The second kappa shape index (κ2) is 7.67. The Morgan fingerprint density at radius 2 is 2.10 bits per heavy atom. The lowest BCUT2D eigenvalue weighted by Gasteiger charge is -2.06. The molecule has 2 aromatic rings. The quantitative estimate of drug-likeness (QED) is 0.787. The van der Waals surface area contributed by atoms with Crippen LogP contribution in [0.5, 0.6) is 0 Å². The average molecular weight is 312 g/mol. The van der Waals surface area contributed by atoms with Crippen LogP contribution in [0.1, 0.15) is 37.4 Å². The fraction of sp³-hybridized carbons (Fsp3) is 0.429. The van der Waals surface area contributed by atoms with E-state index < -0.39 is 0 Å². The molecule has 1 unspecified atom stereocenters. The van der Waals surface area contributed by atoms with Gasteiger partial charge < -0.3 is 10.3 Å². The number of thioether (sulfide) groups is 1. The third-order valence-corrected chi connectivity index (χ3v) is 4.20. The SMILES string of the molecule is CCCC(CN)c1nc(CSc2ccc(Cl)cc2)no1. The zero-order valence-electron chi connectivity index (χ0n) is 11.4. The summed E-state index contributed by atoms with van der Waals surface area (Å²) in [5, 5.41) is 4.75. The molecule has 108 valence electrons. The van der Waals surface area contributed by atoms with Crippen molar-refractivity contribution in [1.82, 2.24) is 10.1 Å². The third kappa shape index (κ3) is 4.23. The standard InChI is InChI=1S/C14H18ClN3OS/c1-2-3-10(8-16)14-17-13(18-19-14)9-20-12-6-4-11(15)5-7-12/h4-7,10H,2-3,8-9,16H2,1H3. The molecule has 0 aliphatic rings. The minimum Gasteiger partial charge on any atom is -0.339 e. The minimum absolute atomic E-state index is 0.168. The zero-order chi connectivity index (χ0) is 14.4. The number of nitrogens with zero attached hydrogens (tertiary/aromatic N) is 2. The van der Waals surface area contributed by atoms with Crippen molar-refractivity contribution in [1.29, 1.82) is 0 Å². The summed E-state index contributed by atoms with van der Waals surface area (Å²) >= 11 is 7.51. The van der Waals surface area contributed by atoms with E-state index in [1.807, 2.05) is 24.3 Å². The predicted molar refractivity (Wildman–Crippen MR) is 82.0 cm³/mol. The van der Waals surface area contributed by atoms with Crippen molar-refractivity contribution in [2.75, 3.05) is 6.54 Å². The summed E-state index contributed by atoms with van der Waals surface area (Å²) in [4.78, 5) is 5.56. The lowest BCUT2D eigenvalue weighted by atomic mass is 10.0. The van der Waals surface area contributed by atoms with E-state index in [1.54, 1.807) is 11.8 Å². The van der Waals surface area contributed by atoms with Crippen molar-refractivity contribution in [2.45, 2.75) is 36.3 Å². The van der Waals surface area contributed by atoms with Gasteiger partial charge >= 0.3 is 0 Å². The molecule has 0 fully saturated rings. The van der Waals surface area contributed by atoms with Gasteiger partial charge in [-0.2, -0.15) is 4.98 Å². The van der Waals surface area contributed by atoms with Crippen molar-refractivity contribution in [3.05, 3.63) is 41.0 Å². The third-order valence-electron chi connectivity index (χ3n) is 2.94. The summed E-state index contributed by atoms with van der Waals surface area (Å²) in [6, 6.07) is 7.70. The van der Waals surface area contributed by atoms with E-state index in [1.165, 1.54) is 0 Å². The van der Waals surface area contributed by atoms with E-state index in [2.05, 4.69) is 17.1 Å². The number of hydrogen-bond acceptors (Lipinski definition) is 5. The summed E-state index contributed by atoms with van der Waals surface area (Å²) in [7, 11) is 0. The Balaban J connectivity index is 1.93. The van der Waals surface area contributed by atoms with Crippen LogP contribution in [0.15, 0.2) is 33.7 Å². The molecule has 0 spiro atoms. The van der Waals surface area contributed by atoms with Gasteiger partial charge in [-0.25, -0.2) is 0 Å². The van der Waals surface area contributed by atoms with Crippen LogP contribution in [0.25, 0.3) is 0 Å². The molecule has 0 saturated heterocycles. The molecule has 1 aromatic heterocycles. The first-order valence-electron chi connectivity index (χ1n) is 6.63. The summed E-state index contributed by atoms with van der Waals surface area (Å²) in [6.07, 6.45) is 2.03. The number of aromatic nitrogens is 2. The normalized spacial score (nSPS) is 12.6. The first-order chi connectivity index (χ1) is 9.72. The molecule has 2 N–H and O–H groups in total. The van der Waals surface area contributed by atoms with Crippen molar-refractivity contribution < 1.29 is 4.52 Å². The van der Waals surface area contributed by atoms with Crippen molar-refractivity contribution in [2.24, 2.45) is 5.73 Å². The van der Waals surface area contributed by atoms with Crippen LogP contribution >= 0.6 is 23.4 Å². The van der Waals surface area contributed by atoms with Gasteiger partial charge in [-0.05, 0) is 30.7 Å². The molecule has 1 atom stereocenters. The van der Waals surface area contributed by atoms with E-state index in [9.17, 15) is 0 Å². The molecule has 0 aliphatic heterocycles. The van der Waals surface area contributed by atoms with Gasteiger partial charge in [0.1, 0.15) is 0 Å². The van der Waals surface area contributed by atoms with Crippen LogP contribution < -0.4 is 5.73 Å². The highest BCUT2D eigenvalue weighted by atomic mass is 35.5. The Morgan fingerprint density at radius 3 is 2.75 bits per heavy atom. The predicted octanol–water partition coefficient (Wildman–Crippen LogP) is 3.86. The summed E-state index contributed by atoms with van der Waals surface area (Å²) in [5.74, 6) is 2.20. The van der Waals surface area contributed by atoms with E-state index in [-0.39, 0.29) is 5.92 Å². The van der Waals surface area contributed by atoms with Crippen LogP contribution in [-0.2, 0) is 5.75 Å². The first-order valence-corrected chi connectivity index (χ1v) is 8.00. The molecular weight excluding hydrogens is 294 g/mol. The number of nitrogens with two attached hydrogens (primary N) is 1. The summed E-state index contributed by atoms with van der Waals surface area (Å²) in [5.41, 5.74) is 5.73. The maximum atomic E-state index is 5.85. The van der Waals surface area contributed by atoms with Gasteiger partial charge in [-0.1, -0.05) is 30.1 Å². The molecule has 0 aliphatic carbocycles. The summed E-state index contributed by atoms with van der Waals surface area (Å²) < 4.78 is 5.30. The molecule has 0 amide bonds. The number of halogens is 1. The molecular formula is C14H18ClN3OS. The van der Waals surface area contributed by atoms with Crippen molar-refractivity contribution in [3.63, 3.8) is 0 Å². The molecule has 1 heterocycles. The minimum atomic E-state index is 0.168. The van der Waals surface area contributed by atoms with Gasteiger partial charge in [0, 0.05) is 16.5 Å². The van der Waals surface area contributed by atoms with E-state index in [0.29, 0.717) is 24.0 Å². The Labute approximate surface area is 128 Å². The number of rotatable bonds is 7. The van der Waals surface area contributed by atoms with Gasteiger partial charge in [0.05, 0.1) is 11.7 Å². The topological polar surface area (TPSA) is 64.9 Å². The smallest absolute Gasteiger partial charge is 0.231 e. The Hall–Kier alpha value is -1.04. The molecule has 0 saturated carbocycles. The second-order valence-corrected chi connectivity index (χ2v) is 6.00. The maximum absolute atomic E-state index is 5.85. The highest BCUT2D eigenvalue weighted by Crippen LogP contribution is 2.24. The highest BCUT2D eigenvalue weighted by Gasteiger charge is 2.16. The van der Waals surface area contributed by atoms with Crippen molar-refractivity contribution in [3.8, 4) is 0 Å². The van der Waals surface area contributed by atoms with Gasteiger partial charge in [0.2, 0.25) is 5.89 Å². The molecule has 20 heavy (non-hydrogen) atoms. The van der Waals surface area contributed by atoms with Gasteiger partial charge in [0.25, 0.3) is 0 Å². The fourth-order valence-corrected chi connectivity index (χ4v) is 2.73. The highest BCUT2D eigenvalue weighted by molar-refractivity contribution is 7.98. The maximum Gasteiger partial charge on any atom is 0.231 e. The zero-order valence-corrected chi connectivity index (χ0v) is 13.0. The lowest BCUT2D eigenvalue weighted by molar-refractivity contribution is 0.344. The summed E-state index contributed by atoms with van der Waals surface area (Å²) in [6.45, 7) is 2.66. The van der Waals surface area contributed by atoms with E-state index in [0.717, 1.165) is 22.8 Å². The fourth-order valence-electron chi connectivity index (χ4n) is 1.86. The van der Waals surface area contributed by atoms with E-state index >= 15 is 0 Å². The van der Waals surface area contributed by atoms with Crippen LogP contribution in [0.4, 0.5) is 0 Å². The van der Waals surface area contributed by atoms with E-state index in [4.69, 9.17) is 21.9 Å². The Kier molecular flexibility index (Phi) is 5.88. The number of benzene rings is 1. The Morgan fingerprint density at radius 1 is 1.35 bits per heavy atom. The van der Waals surface area contributed by atoms with Crippen LogP contribution in [0.2, 0.25) is 5.02 Å². The van der Waals surface area contributed by atoms with Crippen molar-refractivity contribution >= 4 is 23.4 Å². The molecule has 6 heteroatoms. The van der Waals surface area contributed by atoms with Crippen LogP contribution in [-0.4, -0.2) is 16.7 Å². The number of hydrogen-bond donors (Lipinski definition) is 1. The van der Waals surface area contributed by atoms with Gasteiger partial charge in [-0.3, -0.25) is 0 Å². The largest absolute Gasteiger partial charge is 0.339 e. The molecule has 0 bridgehead atoms. The van der Waals surface area contributed by atoms with Gasteiger partial charge in [-0.15, -0.1) is 11.8 Å². The molecule has 0 radical (unpaired) electrons. The van der Waals surface area contributed by atoms with Gasteiger partial charge in [0.15, 0.2) is 5.82 Å². The average Bonchev–Trinajstić information content (AvgIpc) is 2.93.